The smallest absolute Gasteiger partial charge is 0.302 e. The molecule has 5 nitrogen and oxygen atoms in total. The lowest BCUT2D eigenvalue weighted by atomic mass is 9.44. The van der Waals surface area contributed by atoms with Crippen molar-refractivity contribution in [2.45, 2.75) is 124 Å². The summed E-state index contributed by atoms with van der Waals surface area (Å²) in [5.41, 5.74) is -0.486. The van der Waals surface area contributed by atoms with Crippen molar-refractivity contribution in [3.05, 3.63) is 11.6 Å². The average Bonchev–Trinajstić information content (AvgIpc) is 3.17. The number of ether oxygens (including phenoxy) is 1. The summed E-state index contributed by atoms with van der Waals surface area (Å²) >= 11 is 0. The fraction of sp³-hybridized carbons (Fsp3) is 0.867. The number of carbonyl (C=O) groups is 2. The first-order valence-corrected chi connectivity index (χ1v) is 14.2. The molecule has 6 rings (SSSR count). The second kappa shape index (κ2) is 8.41. The zero-order chi connectivity index (χ0) is 25.4. The number of hydrogen-bond acceptors (Lipinski definition) is 5. The number of fused-ring (bicyclic) bond motifs is 3. The topological polar surface area (TPSA) is 61.8 Å². The van der Waals surface area contributed by atoms with Crippen molar-refractivity contribution >= 4 is 11.8 Å². The van der Waals surface area contributed by atoms with Gasteiger partial charge in [-0.05, 0) is 73.8 Å². The maximum atomic E-state index is 14.1. The van der Waals surface area contributed by atoms with Crippen LogP contribution in [0.1, 0.15) is 106 Å². The van der Waals surface area contributed by atoms with Gasteiger partial charge in [-0.25, -0.2) is 9.78 Å². The van der Waals surface area contributed by atoms with Gasteiger partial charge < -0.3 is 4.74 Å². The molecule has 6 aliphatic rings. The largest absolute Gasteiger partial charge is 0.462 e. The third-order valence-electron chi connectivity index (χ3n) is 11.7. The van der Waals surface area contributed by atoms with Gasteiger partial charge >= 0.3 is 5.97 Å². The normalized spacial score (nSPS) is 45.9. The average molecular weight is 487 g/mol. The molecule has 9 atom stereocenters. The molecule has 0 unspecified atom stereocenters. The summed E-state index contributed by atoms with van der Waals surface area (Å²) in [5.74, 6) is 2.54. The Hall–Kier alpha value is -1.20. The number of allylic oxidation sites excluding steroid dienone is 1. The molecule has 2 bridgehead atoms. The zero-order valence-electron chi connectivity index (χ0n) is 22.9. The molecule has 2 saturated heterocycles. The molecule has 196 valence electrons. The number of hydrogen-bond donors (Lipinski definition) is 0. The molecule has 0 amide bonds. The minimum atomic E-state index is -0.523. The van der Waals surface area contributed by atoms with Crippen LogP contribution in [0.4, 0.5) is 0 Å². The van der Waals surface area contributed by atoms with Crippen LogP contribution >= 0.6 is 0 Å². The molecule has 4 aliphatic carbocycles. The van der Waals surface area contributed by atoms with Gasteiger partial charge in [-0.1, -0.05) is 54.4 Å². The predicted octanol–water partition coefficient (Wildman–Crippen LogP) is 6.59. The quantitative estimate of drug-likeness (QED) is 0.313. The van der Waals surface area contributed by atoms with Gasteiger partial charge in [0.1, 0.15) is 17.3 Å². The van der Waals surface area contributed by atoms with Crippen molar-refractivity contribution in [2.24, 2.45) is 40.4 Å². The number of esters is 1. The van der Waals surface area contributed by atoms with Crippen LogP contribution in [-0.4, -0.2) is 29.1 Å². The first kappa shape index (κ1) is 25.4. The van der Waals surface area contributed by atoms with Crippen LogP contribution in [-0.2, 0) is 24.1 Å². The lowest BCUT2D eigenvalue weighted by molar-refractivity contribution is -0.493. The van der Waals surface area contributed by atoms with E-state index >= 15 is 0 Å². The maximum absolute atomic E-state index is 14.1. The van der Waals surface area contributed by atoms with Crippen molar-refractivity contribution in [3.63, 3.8) is 0 Å². The van der Waals surface area contributed by atoms with Gasteiger partial charge in [-0.3, -0.25) is 9.59 Å². The standard InChI is InChI=1S/C30H46O5/c1-18(2)19(3)8-9-20(4)23-10-11-24-28(23,7)26(32)16-25-27(6)13-12-22(33-21(5)31)17-29(27)14-15-30(24,25)35-34-29/h16,18-20,22-24H,8-15,17H2,1-7H3/t19-,20+,22+,23+,24-,27+,28+,29+,30-/m0/s1. The molecule has 2 spiro atoms. The van der Waals surface area contributed by atoms with Crippen molar-refractivity contribution in [3.8, 4) is 0 Å². The van der Waals surface area contributed by atoms with Gasteiger partial charge in [0.05, 0.1) is 0 Å². The molecular formula is C30H46O5. The SMILES string of the molecule is CC(=O)O[C@@H]1CC[C@]2(C)C3=CC(=O)[C@]4(C)[C@@H]([C@H](C)CC[C@H](C)C(C)C)CC[C@@H]4[C@@]34CC[C@]2(C1)OO4. The minimum Gasteiger partial charge on any atom is -0.462 e. The Bertz CT molecular complexity index is 912. The summed E-state index contributed by atoms with van der Waals surface area (Å²) in [7, 11) is 0. The monoisotopic (exact) mass is 486 g/mol. The predicted molar refractivity (Wildman–Crippen MR) is 134 cm³/mol. The van der Waals surface area contributed by atoms with Crippen LogP contribution in [0.25, 0.3) is 0 Å². The summed E-state index contributed by atoms with van der Waals surface area (Å²) in [6.07, 6.45) is 10.4. The molecule has 0 aromatic rings. The zero-order valence-corrected chi connectivity index (χ0v) is 22.9. The van der Waals surface area contributed by atoms with E-state index in [-0.39, 0.29) is 23.4 Å². The molecule has 35 heavy (non-hydrogen) atoms. The van der Waals surface area contributed by atoms with Gasteiger partial charge in [-0.15, -0.1) is 0 Å². The van der Waals surface area contributed by atoms with Crippen molar-refractivity contribution in [2.75, 3.05) is 0 Å². The van der Waals surface area contributed by atoms with Crippen LogP contribution in [0, 0.1) is 40.4 Å². The summed E-state index contributed by atoms with van der Waals surface area (Å²) in [5, 5.41) is 0. The lowest BCUT2D eigenvalue weighted by Gasteiger charge is -2.68. The Balaban J connectivity index is 1.45. The molecule has 0 aromatic carbocycles. The van der Waals surface area contributed by atoms with Gasteiger partial charge in [0, 0.05) is 30.1 Å². The first-order chi connectivity index (χ1) is 16.4. The second-order valence-electron chi connectivity index (χ2n) is 13.6. The van der Waals surface area contributed by atoms with E-state index in [1.807, 2.05) is 6.08 Å². The fourth-order valence-corrected chi connectivity index (χ4v) is 9.06. The van der Waals surface area contributed by atoms with Crippen molar-refractivity contribution < 1.29 is 24.1 Å². The van der Waals surface area contributed by atoms with Crippen LogP contribution in [0.15, 0.2) is 11.6 Å². The van der Waals surface area contributed by atoms with Crippen LogP contribution in [0.5, 0.6) is 0 Å². The van der Waals surface area contributed by atoms with Gasteiger partial charge in [0.25, 0.3) is 0 Å². The van der Waals surface area contributed by atoms with E-state index in [1.54, 1.807) is 0 Å². The first-order valence-electron chi connectivity index (χ1n) is 14.2. The van der Waals surface area contributed by atoms with Crippen molar-refractivity contribution in [1.82, 2.24) is 0 Å². The maximum Gasteiger partial charge on any atom is 0.302 e. The Morgan fingerprint density at radius 1 is 1.06 bits per heavy atom. The summed E-state index contributed by atoms with van der Waals surface area (Å²) < 4.78 is 5.60. The molecule has 5 fully saturated rings. The summed E-state index contributed by atoms with van der Waals surface area (Å²) in [6.45, 7) is 15.3. The van der Waals surface area contributed by atoms with Crippen LogP contribution in [0.3, 0.4) is 0 Å². The van der Waals surface area contributed by atoms with E-state index < -0.39 is 16.6 Å². The number of carbonyl (C=O) groups excluding carboxylic acids is 2. The molecule has 5 heteroatoms. The Morgan fingerprint density at radius 3 is 2.43 bits per heavy atom. The highest BCUT2D eigenvalue weighted by atomic mass is 17.2. The van der Waals surface area contributed by atoms with E-state index in [2.05, 4.69) is 41.5 Å². The lowest BCUT2D eigenvalue weighted by Crippen LogP contribution is -2.72. The molecule has 3 saturated carbocycles. The Labute approximate surface area is 211 Å². The Morgan fingerprint density at radius 2 is 1.80 bits per heavy atom. The van der Waals surface area contributed by atoms with Gasteiger partial charge in [0.15, 0.2) is 5.78 Å². The summed E-state index contributed by atoms with van der Waals surface area (Å²) in [4.78, 5) is 38.6. The molecule has 0 radical (unpaired) electrons. The van der Waals surface area contributed by atoms with Crippen LogP contribution < -0.4 is 0 Å². The molecule has 2 heterocycles. The highest BCUT2D eigenvalue weighted by Gasteiger charge is 2.75. The van der Waals surface area contributed by atoms with Gasteiger partial charge in [0.2, 0.25) is 0 Å². The second-order valence-corrected chi connectivity index (χ2v) is 13.6. The van der Waals surface area contributed by atoms with Crippen molar-refractivity contribution in [1.29, 1.82) is 0 Å². The van der Waals surface area contributed by atoms with E-state index in [4.69, 9.17) is 14.5 Å². The Kier molecular flexibility index (Phi) is 6.12. The third-order valence-corrected chi connectivity index (χ3v) is 11.7. The van der Waals surface area contributed by atoms with E-state index in [0.29, 0.717) is 35.9 Å². The number of rotatable bonds is 6. The minimum absolute atomic E-state index is 0.148. The van der Waals surface area contributed by atoms with Crippen LogP contribution in [0.2, 0.25) is 0 Å². The molecule has 2 aliphatic heterocycles. The highest BCUT2D eigenvalue weighted by molar-refractivity contribution is 5.98. The van der Waals surface area contributed by atoms with E-state index in [1.165, 1.54) is 25.3 Å². The number of ketones is 1. The summed E-state index contributed by atoms with van der Waals surface area (Å²) in [6, 6.07) is 0. The molecular weight excluding hydrogens is 440 g/mol. The molecule has 0 N–H and O–H groups in total. The third kappa shape index (κ3) is 3.46. The highest BCUT2D eigenvalue weighted by Crippen LogP contribution is 2.72. The van der Waals surface area contributed by atoms with E-state index in [0.717, 1.165) is 38.5 Å². The molecule has 0 aromatic heterocycles. The van der Waals surface area contributed by atoms with Gasteiger partial charge in [-0.2, -0.15) is 0 Å². The van der Waals surface area contributed by atoms with E-state index in [9.17, 15) is 9.59 Å². The fourth-order valence-electron chi connectivity index (χ4n) is 9.06.